The zero-order valence-electron chi connectivity index (χ0n) is 15.5. The lowest BCUT2D eigenvalue weighted by atomic mass is 10.1. The molecule has 7 heteroatoms. The van der Waals surface area contributed by atoms with Gasteiger partial charge in [0.05, 0.1) is 11.3 Å². The molecule has 0 aromatic heterocycles. The number of nitrogens with zero attached hydrogens (tertiary/aromatic N) is 2. The Hall–Kier alpha value is -2.67. The van der Waals surface area contributed by atoms with Gasteiger partial charge in [0.15, 0.2) is 0 Å². The molecule has 0 atom stereocenters. The number of hydrogen-bond acceptors (Lipinski definition) is 3. The summed E-state index contributed by atoms with van der Waals surface area (Å²) in [7, 11) is -1.97. The van der Waals surface area contributed by atoms with Crippen LogP contribution in [0.4, 0.5) is 5.69 Å². The number of anilines is 1. The maximum absolute atomic E-state index is 12.6. The maximum Gasteiger partial charge on any atom is 0.284 e. The van der Waals surface area contributed by atoms with Crippen molar-refractivity contribution in [3.63, 3.8) is 0 Å². The molecule has 2 aromatic rings. The molecule has 1 fully saturated rings. The van der Waals surface area contributed by atoms with Crippen molar-refractivity contribution in [2.24, 2.45) is 4.40 Å². The molecule has 1 heterocycles. The second-order valence-corrected chi connectivity index (χ2v) is 8.35. The third-order valence-electron chi connectivity index (χ3n) is 4.46. The summed E-state index contributed by atoms with van der Waals surface area (Å²) in [6, 6.07) is 13.9. The second kappa shape index (κ2) is 7.92. The minimum atomic E-state index is -3.80. The van der Waals surface area contributed by atoms with Gasteiger partial charge in [-0.1, -0.05) is 35.9 Å². The number of nitrogens with one attached hydrogen (secondary N) is 1. The number of carbonyl (C=O) groups is 1. The third kappa shape index (κ3) is 4.95. The summed E-state index contributed by atoms with van der Waals surface area (Å²) >= 11 is 0. The molecule has 2 aromatic carbocycles. The summed E-state index contributed by atoms with van der Waals surface area (Å²) in [4.78, 5) is 14.2. The molecule has 0 bridgehead atoms. The van der Waals surface area contributed by atoms with Gasteiger partial charge < -0.3 is 10.2 Å². The van der Waals surface area contributed by atoms with Crippen LogP contribution in [-0.4, -0.2) is 38.7 Å². The summed E-state index contributed by atoms with van der Waals surface area (Å²) in [5.41, 5.74) is 2.47. The van der Waals surface area contributed by atoms with Gasteiger partial charge in [0.1, 0.15) is 5.84 Å². The van der Waals surface area contributed by atoms with Crippen molar-refractivity contribution in [3.05, 3.63) is 59.7 Å². The van der Waals surface area contributed by atoms with Gasteiger partial charge in [-0.25, -0.2) is 0 Å². The molecule has 1 aliphatic heterocycles. The first-order valence-corrected chi connectivity index (χ1v) is 10.3. The number of rotatable bonds is 5. The molecule has 1 saturated heterocycles. The first kappa shape index (κ1) is 19.1. The normalized spacial score (nSPS) is 15.9. The largest absolute Gasteiger partial charge is 0.362 e. The number of likely N-dealkylation sites (tertiary alicyclic amines) is 1. The number of aryl methyl sites for hydroxylation is 1. The van der Waals surface area contributed by atoms with Crippen LogP contribution in [0.3, 0.4) is 0 Å². The third-order valence-corrected chi connectivity index (χ3v) is 5.76. The Morgan fingerprint density at radius 3 is 2.59 bits per heavy atom. The SMILES string of the molecule is Cc1ccc(CC(=O)Nc2cccc(S(=O)(=O)N=C3CCCN3C)c2)cc1. The molecule has 0 unspecified atom stereocenters. The van der Waals surface area contributed by atoms with Crippen molar-refractivity contribution in [2.75, 3.05) is 18.9 Å². The monoisotopic (exact) mass is 385 g/mol. The van der Waals surface area contributed by atoms with Crippen LogP contribution in [0.25, 0.3) is 0 Å². The molecular formula is C20H23N3O3S. The number of amides is 1. The molecule has 6 nitrogen and oxygen atoms in total. The Kier molecular flexibility index (Phi) is 5.60. The molecule has 1 amide bonds. The van der Waals surface area contributed by atoms with Crippen LogP contribution >= 0.6 is 0 Å². The van der Waals surface area contributed by atoms with E-state index in [1.54, 1.807) is 12.1 Å². The predicted molar refractivity (Wildman–Crippen MR) is 106 cm³/mol. The number of amidine groups is 1. The highest BCUT2D eigenvalue weighted by Gasteiger charge is 2.20. The zero-order valence-corrected chi connectivity index (χ0v) is 16.3. The van der Waals surface area contributed by atoms with Crippen molar-refractivity contribution in [1.29, 1.82) is 0 Å². The minimum absolute atomic E-state index is 0.0726. The van der Waals surface area contributed by atoms with Crippen LogP contribution < -0.4 is 5.32 Å². The molecule has 1 N–H and O–H groups in total. The van der Waals surface area contributed by atoms with Gasteiger partial charge in [-0.2, -0.15) is 8.42 Å². The average molecular weight is 385 g/mol. The van der Waals surface area contributed by atoms with E-state index in [2.05, 4.69) is 9.71 Å². The molecule has 0 radical (unpaired) electrons. The topological polar surface area (TPSA) is 78.8 Å². The van der Waals surface area contributed by atoms with E-state index in [0.717, 1.165) is 24.1 Å². The molecule has 142 valence electrons. The Morgan fingerprint density at radius 2 is 1.93 bits per heavy atom. The van der Waals surface area contributed by atoms with Crippen LogP contribution in [0.15, 0.2) is 57.8 Å². The fraction of sp³-hybridized carbons (Fsp3) is 0.300. The van der Waals surface area contributed by atoms with E-state index in [1.807, 2.05) is 43.1 Å². The standard InChI is InChI=1S/C20H23N3O3S/c1-15-8-10-16(11-9-15)13-20(24)21-17-5-3-6-18(14-17)27(25,26)22-19-7-4-12-23(19)2/h3,5-6,8-11,14H,4,7,12-13H2,1-2H3,(H,21,24). The quantitative estimate of drug-likeness (QED) is 0.858. The minimum Gasteiger partial charge on any atom is -0.362 e. The van der Waals surface area contributed by atoms with E-state index in [9.17, 15) is 13.2 Å². The van der Waals surface area contributed by atoms with Gasteiger partial charge in [0, 0.05) is 25.7 Å². The van der Waals surface area contributed by atoms with E-state index >= 15 is 0 Å². The summed E-state index contributed by atoms with van der Waals surface area (Å²) < 4.78 is 29.1. The van der Waals surface area contributed by atoms with Crippen LogP contribution in [0.2, 0.25) is 0 Å². The highest BCUT2D eigenvalue weighted by atomic mass is 32.2. The number of sulfonamides is 1. The van der Waals surface area contributed by atoms with Crippen molar-refractivity contribution in [1.82, 2.24) is 4.90 Å². The van der Waals surface area contributed by atoms with Gasteiger partial charge in [-0.3, -0.25) is 4.79 Å². The summed E-state index contributed by atoms with van der Waals surface area (Å²) in [6.45, 7) is 2.80. The molecule has 3 rings (SSSR count). The van der Waals surface area contributed by atoms with Gasteiger partial charge in [-0.15, -0.1) is 4.40 Å². The van der Waals surface area contributed by atoms with Crippen LogP contribution in [-0.2, 0) is 21.2 Å². The molecule has 0 spiro atoms. The van der Waals surface area contributed by atoms with Crippen molar-refractivity contribution in [3.8, 4) is 0 Å². The molecule has 27 heavy (non-hydrogen) atoms. The Morgan fingerprint density at radius 1 is 1.19 bits per heavy atom. The first-order valence-electron chi connectivity index (χ1n) is 8.84. The highest BCUT2D eigenvalue weighted by Crippen LogP contribution is 2.20. The number of carbonyl (C=O) groups excluding carboxylic acids is 1. The Balaban J connectivity index is 1.73. The van der Waals surface area contributed by atoms with Gasteiger partial charge in [0.25, 0.3) is 10.0 Å². The average Bonchev–Trinajstić information content (AvgIpc) is 3.01. The lowest BCUT2D eigenvalue weighted by Gasteiger charge is -2.11. The lowest BCUT2D eigenvalue weighted by Crippen LogP contribution is -2.20. The highest BCUT2D eigenvalue weighted by molar-refractivity contribution is 7.90. The fourth-order valence-corrected chi connectivity index (χ4v) is 4.07. The first-order chi connectivity index (χ1) is 12.8. The number of benzene rings is 2. The summed E-state index contributed by atoms with van der Waals surface area (Å²) in [5.74, 6) is 0.374. The van der Waals surface area contributed by atoms with Crippen molar-refractivity contribution >= 4 is 27.5 Å². The van der Waals surface area contributed by atoms with E-state index < -0.39 is 10.0 Å². The molecule has 0 saturated carbocycles. The molecular weight excluding hydrogens is 362 g/mol. The van der Waals surface area contributed by atoms with E-state index in [0.29, 0.717) is 17.9 Å². The summed E-state index contributed by atoms with van der Waals surface area (Å²) in [6.07, 6.45) is 1.78. The van der Waals surface area contributed by atoms with Crippen molar-refractivity contribution in [2.45, 2.75) is 31.1 Å². The lowest BCUT2D eigenvalue weighted by molar-refractivity contribution is -0.115. The zero-order chi connectivity index (χ0) is 19.4. The second-order valence-electron chi connectivity index (χ2n) is 6.75. The van der Waals surface area contributed by atoms with Crippen LogP contribution in [0.5, 0.6) is 0 Å². The van der Waals surface area contributed by atoms with Crippen LogP contribution in [0.1, 0.15) is 24.0 Å². The Labute approximate surface area is 160 Å². The van der Waals surface area contributed by atoms with Gasteiger partial charge >= 0.3 is 0 Å². The van der Waals surface area contributed by atoms with E-state index in [4.69, 9.17) is 0 Å². The predicted octanol–water partition coefficient (Wildman–Crippen LogP) is 2.99. The molecule has 0 aliphatic carbocycles. The fourth-order valence-electron chi connectivity index (χ4n) is 2.93. The van der Waals surface area contributed by atoms with E-state index in [-0.39, 0.29) is 17.2 Å². The molecule has 1 aliphatic rings. The summed E-state index contributed by atoms with van der Waals surface area (Å²) in [5, 5.41) is 2.76. The number of hydrogen-bond donors (Lipinski definition) is 1. The smallest absolute Gasteiger partial charge is 0.284 e. The van der Waals surface area contributed by atoms with Crippen molar-refractivity contribution < 1.29 is 13.2 Å². The van der Waals surface area contributed by atoms with E-state index in [1.165, 1.54) is 12.1 Å². The van der Waals surface area contributed by atoms with Gasteiger partial charge in [0.2, 0.25) is 5.91 Å². The van der Waals surface area contributed by atoms with Gasteiger partial charge in [-0.05, 0) is 37.1 Å². The Bertz CT molecular complexity index is 966. The maximum atomic E-state index is 12.6. The van der Waals surface area contributed by atoms with Crippen LogP contribution in [0, 0.1) is 6.92 Å².